The lowest BCUT2D eigenvalue weighted by molar-refractivity contribution is 0.548. The first-order valence-corrected chi connectivity index (χ1v) is 7.85. The molecule has 0 spiro atoms. The number of furan rings is 1. The number of hydrogen-bond donors (Lipinski definition) is 0. The molecule has 110 valence electrons. The zero-order valence-corrected chi connectivity index (χ0v) is 13.0. The number of fused-ring (bicyclic) bond motifs is 3. The minimum Gasteiger partial charge on any atom is -0.461 e. The standard InChI is InChI=1S/C20H19NO/c1-3-12-21-18-7-5-4-6-16(18)17-13-15(9-10-19(17)21)20-11-8-14(2)22-20/h4-11,13H,3,12H2,1-2H3. The zero-order chi connectivity index (χ0) is 15.1. The summed E-state index contributed by atoms with van der Waals surface area (Å²) < 4.78 is 8.20. The largest absolute Gasteiger partial charge is 0.461 e. The van der Waals surface area contributed by atoms with E-state index in [4.69, 9.17) is 4.42 Å². The summed E-state index contributed by atoms with van der Waals surface area (Å²) in [4.78, 5) is 0. The molecule has 0 aliphatic rings. The molecule has 2 aromatic heterocycles. The van der Waals surface area contributed by atoms with Crippen LogP contribution in [0.25, 0.3) is 33.1 Å². The van der Waals surface area contributed by atoms with Gasteiger partial charge in [0.05, 0.1) is 0 Å². The van der Waals surface area contributed by atoms with Gasteiger partial charge in [-0.1, -0.05) is 25.1 Å². The summed E-state index contributed by atoms with van der Waals surface area (Å²) in [5.41, 5.74) is 3.75. The van der Waals surface area contributed by atoms with Crippen molar-refractivity contribution in [2.45, 2.75) is 26.8 Å². The minimum absolute atomic E-state index is 0.937. The fourth-order valence-corrected chi connectivity index (χ4v) is 3.26. The molecule has 4 aromatic rings. The highest BCUT2D eigenvalue weighted by Crippen LogP contribution is 2.33. The van der Waals surface area contributed by atoms with E-state index in [1.165, 1.54) is 21.8 Å². The molecule has 0 atom stereocenters. The summed E-state index contributed by atoms with van der Waals surface area (Å²) in [5.74, 6) is 1.88. The third kappa shape index (κ3) is 1.95. The predicted octanol–water partition coefficient (Wildman–Crippen LogP) is 5.77. The predicted molar refractivity (Wildman–Crippen MR) is 92.2 cm³/mol. The van der Waals surface area contributed by atoms with E-state index in [-0.39, 0.29) is 0 Å². The SMILES string of the molecule is CCCn1c2ccccc2c2cc(-c3ccc(C)o3)ccc21. The Morgan fingerprint density at radius 1 is 0.909 bits per heavy atom. The normalized spacial score (nSPS) is 11.5. The summed E-state index contributed by atoms with van der Waals surface area (Å²) in [7, 11) is 0. The molecule has 0 N–H and O–H groups in total. The van der Waals surface area contributed by atoms with Crippen molar-refractivity contribution in [3.63, 3.8) is 0 Å². The van der Waals surface area contributed by atoms with Gasteiger partial charge >= 0.3 is 0 Å². The van der Waals surface area contributed by atoms with Crippen molar-refractivity contribution < 1.29 is 4.42 Å². The number of benzene rings is 2. The van der Waals surface area contributed by atoms with Gasteiger partial charge in [-0.15, -0.1) is 0 Å². The Morgan fingerprint density at radius 3 is 2.50 bits per heavy atom. The smallest absolute Gasteiger partial charge is 0.134 e. The molecule has 0 unspecified atom stereocenters. The third-order valence-electron chi connectivity index (χ3n) is 4.24. The molecular formula is C20H19NO. The highest BCUT2D eigenvalue weighted by molar-refractivity contribution is 6.09. The molecule has 0 aliphatic heterocycles. The average molecular weight is 289 g/mol. The first kappa shape index (κ1) is 13.2. The molecule has 22 heavy (non-hydrogen) atoms. The Balaban J connectivity index is 2.01. The van der Waals surface area contributed by atoms with Gasteiger partial charge in [0.15, 0.2) is 0 Å². The van der Waals surface area contributed by atoms with Crippen LogP contribution in [0.4, 0.5) is 0 Å². The summed E-state index contributed by atoms with van der Waals surface area (Å²) in [6.45, 7) is 5.25. The van der Waals surface area contributed by atoms with Gasteiger partial charge in [-0.05, 0) is 49.7 Å². The quantitative estimate of drug-likeness (QED) is 0.468. The zero-order valence-electron chi connectivity index (χ0n) is 13.0. The maximum absolute atomic E-state index is 5.78. The molecule has 2 aromatic carbocycles. The second-order valence-corrected chi connectivity index (χ2v) is 5.81. The number of para-hydroxylation sites is 1. The van der Waals surface area contributed by atoms with Crippen LogP contribution < -0.4 is 0 Å². The maximum atomic E-state index is 5.78. The number of hydrogen-bond acceptors (Lipinski definition) is 1. The molecule has 0 saturated heterocycles. The van der Waals surface area contributed by atoms with Gasteiger partial charge in [0, 0.05) is 33.9 Å². The van der Waals surface area contributed by atoms with E-state index >= 15 is 0 Å². The number of rotatable bonds is 3. The monoisotopic (exact) mass is 289 g/mol. The third-order valence-corrected chi connectivity index (χ3v) is 4.24. The molecule has 0 fully saturated rings. The van der Waals surface area contributed by atoms with Crippen molar-refractivity contribution in [3.05, 3.63) is 60.4 Å². The second-order valence-electron chi connectivity index (χ2n) is 5.81. The van der Waals surface area contributed by atoms with Crippen molar-refractivity contribution in [3.8, 4) is 11.3 Å². The molecule has 0 amide bonds. The fourth-order valence-electron chi connectivity index (χ4n) is 3.26. The van der Waals surface area contributed by atoms with Crippen molar-refractivity contribution >= 4 is 21.8 Å². The van der Waals surface area contributed by atoms with Gasteiger partial charge in [-0.3, -0.25) is 0 Å². The van der Waals surface area contributed by atoms with Crippen molar-refractivity contribution in [1.29, 1.82) is 0 Å². The maximum Gasteiger partial charge on any atom is 0.134 e. The lowest BCUT2D eigenvalue weighted by Crippen LogP contribution is -1.95. The molecule has 4 rings (SSSR count). The molecule has 0 bridgehead atoms. The van der Waals surface area contributed by atoms with E-state index in [9.17, 15) is 0 Å². The molecular weight excluding hydrogens is 270 g/mol. The summed E-state index contributed by atoms with van der Waals surface area (Å²) in [6.07, 6.45) is 1.13. The van der Waals surface area contributed by atoms with Gasteiger partial charge in [-0.2, -0.15) is 0 Å². The Morgan fingerprint density at radius 2 is 1.73 bits per heavy atom. The van der Waals surface area contributed by atoms with E-state index in [0.29, 0.717) is 0 Å². The topological polar surface area (TPSA) is 18.1 Å². The van der Waals surface area contributed by atoms with Gasteiger partial charge in [0.1, 0.15) is 11.5 Å². The molecule has 0 radical (unpaired) electrons. The van der Waals surface area contributed by atoms with Crippen LogP contribution in [-0.4, -0.2) is 4.57 Å². The van der Waals surface area contributed by atoms with Crippen LogP contribution in [0.15, 0.2) is 59.0 Å². The highest BCUT2D eigenvalue weighted by Gasteiger charge is 2.11. The van der Waals surface area contributed by atoms with E-state index < -0.39 is 0 Å². The molecule has 0 saturated carbocycles. The number of aryl methyl sites for hydroxylation is 2. The van der Waals surface area contributed by atoms with Crippen LogP contribution in [0.2, 0.25) is 0 Å². The van der Waals surface area contributed by atoms with Crippen LogP contribution in [0, 0.1) is 6.92 Å². The summed E-state index contributed by atoms with van der Waals surface area (Å²) >= 11 is 0. The second kappa shape index (κ2) is 5.06. The van der Waals surface area contributed by atoms with Crippen LogP contribution in [-0.2, 0) is 6.54 Å². The Kier molecular flexibility index (Phi) is 3.04. The number of nitrogens with zero attached hydrogens (tertiary/aromatic N) is 1. The van der Waals surface area contributed by atoms with Crippen LogP contribution in [0.1, 0.15) is 19.1 Å². The molecule has 2 heterocycles. The first-order chi connectivity index (χ1) is 10.8. The fraction of sp³-hybridized carbons (Fsp3) is 0.200. The molecule has 0 aliphatic carbocycles. The van der Waals surface area contributed by atoms with E-state index in [1.54, 1.807) is 0 Å². The Hall–Kier alpha value is -2.48. The summed E-state index contributed by atoms with van der Waals surface area (Å²) in [5, 5.41) is 2.62. The highest BCUT2D eigenvalue weighted by atomic mass is 16.3. The summed E-state index contributed by atoms with van der Waals surface area (Å²) in [6, 6.07) is 19.3. The van der Waals surface area contributed by atoms with Crippen LogP contribution in [0.3, 0.4) is 0 Å². The first-order valence-electron chi connectivity index (χ1n) is 7.85. The Labute approximate surface area is 130 Å². The minimum atomic E-state index is 0.937. The van der Waals surface area contributed by atoms with Gasteiger partial charge in [0.2, 0.25) is 0 Å². The lowest BCUT2D eigenvalue weighted by Gasteiger charge is -2.05. The Bertz CT molecular complexity index is 958. The van der Waals surface area contributed by atoms with Crippen molar-refractivity contribution in [2.24, 2.45) is 0 Å². The van der Waals surface area contributed by atoms with E-state index in [0.717, 1.165) is 30.0 Å². The van der Waals surface area contributed by atoms with Crippen LogP contribution >= 0.6 is 0 Å². The van der Waals surface area contributed by atoms with Crippen molar-refractivity contribution in [1.82, 2.24) is 4.57 Å². The number of aromatic nitrogens is 1. The molecule has 2 heteroatoms. The van der Waals surface area contributed by atoms with Crippen molar-refractivity contribution in [2.75, 3.05) is 0 Å². The van der Waals surface area contributed by atoms with Gasteiger partial charge in [0.25, 0.3) is 0 Å². The van der Waals surface area contributed by atoms with Crippen LogP contribution in [0.5, 0.6) is 0 Å². The van der Waals surface area contributed by atoms with E-state index in [1.807, 2.05) is 19.1 Å². The van der Waals surface area contributed by atoms with Gasteiger partial charge in [-0.25, -0.2) is 0 Å². The lowest BCUT2D eigenvalue weighted by atomic mass is 10.1. The van der Waals surface area contributed by atoms with E-state index in [2.05, 4.69) is 54.0 Å². The molecule has 2 nitrogen and oxygen atoms in total. The average Bonchev–Trinajstić information content (AvgIpc) is 3.10. The van der Waals surface area contributed by atoms with Gasteiger partial charge < -0.3 is 8.98 Å².